The molecular weight excluding hydrogens is 368 g/mol. The van der Waals surface area contributed by atoms with Crippen molar-refractivity contribution in [1.82, 2.24) is 19.5 Å². The average Bonchev–Trinajstić information content (AvgIpc) is 3.33. The van der Waals surface area contributed by atoms with Gasteiger partial charge in [-0.1, -0.05) is 30.3 Å². The summed E-state index contributed by atoms with van der Waals surface area (Å²) in [5, 5.41) is 4.16. The molecule has 5 rings (SSSR count). The molecule has 0 radical (unpaired) electrons. The van der Waals surface area contributed by atoms with Crippen LogP contribution in [0.1, 0.15) is 41.6 Å². The fraction of sp³-hybridized carbons (Fsp3) is 0.364. The third kappa shape index (κ3) is 3.37. The number of carbonyl (C=O) groups excluding carboxylic acids is 2. The molecule has 7 nitrogen and oxygen atoms in total. The monoisotopic (exact) mass is 390 g/mol. The highest BCUT2D eigenvalue weighted by Gasteiger charge is 2.46. The Kier molecular flexibility index (Phi) is 4.50. The molecule has 3 aromatic rings. The van der Waals surface area contributed by atoms with Crippen molar-refractivity contribution in [2.75, 3.05) is 0 Å². The molecular formula is C22H22N4O3. The van der Waals surface area contributed by atoms with Crippen LogP contribution in [0, 0.1) is 5.92 Å². The Morgan fingerprint density at radius 1 is 1.07 bits per heavy atom. The van der Waals surface area contributed by atoms with Crippen LogP contribution < -0.4 is 0 Å². The minimum absolute atomic E-state index is 0.0624. The number of nitrogens with zero attached hydrogens (tertiary/aromatic N) is 4. The van der Waals surface area contributed by atoms with Gasteiger partial charge in [-0.05, 0) is 31.2 Å². The number of benzene rings is 1. The molecule has 7 heteroatoms. The zero-order chi connectivity index (χ0) is 19.8. The lowest BCUT2D eigenvalue weighted by Crippen LogP contribution is -2.48. The van der Waals surface area contributed by atoms with Crippen molar-refractivity contribution in [1.29, 1.82) is 0 Å². The van der Waals surface area contributed by atoms with Gasteiger partial charge in [0.15, 0.2) is 11.4 Å². The number of piperidine rings is 1. The number of hydrogen-bond acceptors (Lipinski definition) is 5. The van der Waals surface area contributed by atoms with E-state index in [-0.39, 0.29) is 36.5 Å². The molecule has 148 valence electrons. The molecule has 2 aliphatic rings. The quantitative estimate of drug-likeness (QED) is 0.638. The van der Waals surface area contributed by atoms with Crippen LogP contribution in [0.25, 0.3) is 5.65 Å². The van der Waals surface area contributed by atoms with Gasteiger partial charge in [-0.25, -0.2) is 14.3 Å². The predicted molar refractivity (Wildman–Crippen MR) is 105 cm³/mol. The number of ether oxygens (including phenoxy) is 1. The molecule has 2 aromatic heterocycles. The van der Waals surface area contributed by atoms with Gasteiger partial charge < -0.3 is 9.64 Å². The van der Waals surface area contributed by atoms with Gasteiger partial charge >= 0.3 is 6.09 Å². The number of carbonyl (C=O) groups is 2. The number of rotatable bonds is 4. The first-order valence-electron chi connectivity index (χ1n) is 10.0. The van der Waals surface area contributed by atoms with Gasteiger partial charge in [0, 0.05) is 36.5 Å². The maximum atomic E-state index is 13.1. The van der Waals surface area contributed by atoms with E-state index < -0.39 is 0 Å². The maximum absolute atomic E-state index is 13.1. The van der Waals surface area contributed by atoms with Gasteiger partial charge in [-0.3, -0.25) is 4.79 Å². The highest BCUT2D eigenvalue weighted by Crippen LogP contribution is 2.40. The van der Waals surface area contributed by atoms with E-state index in [1.54, 1.807) is 29.2 Å². The minimum atomic E-state index is -0.271. The topological polar surface area (TPSA) is 76.8 Å². The lowest BCUT2D eigenvalue weighted by atomic mass is 9.85. The third-order valence-corrected chi connectivity index (χ3v) is 6.05. The number of ketones is 1. The largest absolute Gasteiger partial charge is 0.445 e. The minimum Gasteiger partial charge on any atom is -0.445 e. The van der Waals surface area contributed by atoms with E-state index in [0.29, 0.717) is 18.4 Å². The zero-order valence-corrected chi connectivity index (χ0v) is 16.0. The Morgan fingerprint density at radius 2 is 1.83 bits per heavy atom. The second-order valence-corrected chi connectivity index (χ2v) is 7.84. The number of amides is 1. The molecule has 0 N–H and O–H groups in total. The molecule has 2 bridgehead atoms. The standard InChI is InChI=1S/C22H22N4O3/c27-21(17-12-23-20-8-9-24-25(20)13-17)16-10-18-6-7-19(11-16)26(18)22(28)29-14-15-4-2-1-3-5-15/h1-5,8-9,12-13,16,18-19H,6-7,10-11,14H2. The normalized spacial score (nSPS) is 23.3. The molecule has 0 aliphatic carbocycles. The first-order chi connectivity index (χ1) is 14.2. The smallest absolute Gasteiger partial charge is 0.410 e. The molecule has 2 unspecified atom stereocenters. The van der Waals surface area contributed by atoms with Crippen molar-refractivity contribution in [2.45, 2.75) is 44.4 Å². The first kappa shape index (κ1) is 17.8. The summed E-state index contributed by atoms with van der Waals surface area (Å²) in [7, 11) is 0. The summed E-state index contributed by atoms with van der Waals surface area (Å²) in [5.74, 6) is -0.00964. The van der Waals surface area contributed by atoms with E-state index >= 15 is 0 Å². The van der Waals surface area contributed by atoms with Crippen LogP contribution in [0.5, 0.6) is 0 Å². The van der Waals surface area contributed by atoms with E-state index in [1.807, 2.05) is 35.2 Å². The van der Waals surface area contributed by atoms with Gasteiger partial charge in [0.1, 0.15) is 6.61 Å². The fourth-order valence-corrected chi connectivity index (χ4v) is 4.66. The van der Waals surface area contributed by atoms with Gasteiger partial charge in [0.05, 0.1) is 11.8 Å². The maximum Gasteiger partial charge on any atom is 0.410 e. The van der Waals surface area contributed by atoms with Crippen LogP contribution in [-0.4, -0.2) is 43.5 Å². The molecule has 4 heterocycles. The van der Waals surface area contributed by atoms with E-state index in [0.717, 1.165) is 24.1 Å². The highest BCUT2D eigenvalue weighted by molar-refractivity contribution is 5.97. The lowest BCUT2D eigenvalue weighted by molar-refractivity contribution is 0.0485. The molecule has 2 atom stereocenters. The van der Waals surface area contributed by atoms with E-state index in [4.69, 9.17) is 4.74 Å². The van der Waals surface area contributed by atoms with Crippen LogP contribution in [0.3, 0.4) is 0 Å². The van der Waals surface area contributed by atoms with E-state index in [2.05, 4.69) is 10.1 Å². The molecule has 2 aliphatic heterocycles. The van der Waals surface area contributed by atoms with Crippen molar-refractivity contribution in [3.8, 4) is 0 Å². The number of hydrogen-bond donors (Lipinski definition) is 0. The number of fused-ring (bicyclic) bond motifs is 3. The van der Waals surface area contributed by atoms with Crippen LogP contribution >= 0.6 is 0 Å². The first-order valence-corrected chi connectivity index (χ1v) is 10.0. The Hall–Kier alpha value is -3.22. The van der Waals surface area contributed by atoms with Crippen LogP contribution in [0.2, 0.25) is 0 Å². The lowest BCUT2D eigenvalue weighted by Gasteiger charge is -2.37. The van der Waals surface area contributed by atoms with Crippen molar-refractivity contribution < 1.29 is 14.3 Å². The second kappa shape index (κ2) is 7.31. The third-order valence-electron chi connectivity index (χ3n) is 6.05. The Balaban J connectivity index is 1.25. The van der Waals surface area contributed by atoms with Gasteiger partial charge in [0.2, 0.25) is 0 Å². The molecule has 29 heavy (non-hydrogen) atoms. The predicted octanol–water partition coefficient (Wildman–Crippen LogP) is 3.49. The second-order valence-electron chi connectivity index (χ2n) is 7.84. The molecule has 2 fully saturated rings. The fourth-order valence-electron chi connectivity index (χ4n) is 4.66. The average molecular weight is 390 g/mol. The SMILES string of the molecule is O=C(c1cnc2ccnn2c1)C1CC2CCC(C1)N2C(=O)OCc1ccccc1. The summed E-state index contributed by atoms with van der Waals surface area (Å²) in [6.07, 6.45) is 7.95. The summed E-state index contributed by atoms with van der Waals surface area (Å²) in [5.41, 5.74) is 2.27. The van der Waals surface area contributed by atoms with Crippen molar-refractivity contribution in [3.05, 3.63) is 66.1 Å². The molecule has 0 saturated carbocycles. The molecule has 2 saturated heterocycles. The summed E-state index contributed by atoms with van der Waals surface area (Å²) in [6.45, 7) is 0.271. The summed E-state index contributed by atoms with van der Waals surface area (Å²) >= 11 is 0. The number of Topliss-reactive ketones (excluding diaryl/α,β-unsaturated/α-hetero) is 1. The summed E-state index contributed by atoms with van der Waals surface area (Å²) < 4.78 is 7.17. The van der Waals surface area contributed by atoms with Crippen molar-refractivity contribution in [2.24, 2.45) is 5.92 Å². The number of aromatic nitrogens is 3. The van der Waals surface area contributed by atoms with Crippen LogP contribution in [-0.2, 0) is 11.3 Å². The van der Waals surface area contributed by atoms with Gasteiger partial charge in [-0.15, -0.1) is 0 Å². The van der Waals surface area contributed by atoms with Crippen LogP contribution in [0.4, 0.5) is 4.79 Å². The van der Waals surface area contributed by atoms with Crippen LogP contribution in [0.15, 0.2) is 55.0 Å². The van der Waals surface area contributed by atoms with Gasteiger partial charge in [-0.2, -0.15) is 5.10 Å². The molecule has 1 aromatic carbocycles. The van der Waals surface area contributed by atoms with E-state index in [1.165, 1.54) is 0 Å². The van der Waals surface area contributed by atoms with Crippen molar-refractivity contribution in [3.63, 3.8) is 0 Å². The zero-order valence-electron chi connectivity index (χ0n) is 16.0. The van der Waals surface area contributed by atoms with Gasteiger partial charge in [0.25, 0.3) is 0 Å². The highest BCUT2D eigenvalue weighted by atomic mass is 16.6. The Labute approximate surface area is 168 Å². The molecule has 0 spiro atoms. The summed E-state index contributed by atoms with van der Waals surface area (Å²) in [4.78, 5) is 31.9. The molecule has 1 amide bonds. The van der Waals surface area contributed by atoms with E-state index in [9.17, 15) is 9.59 Å². The summed E-state index contributed by atoms with van der Waals surface area (Å²) in [6, 6.07) is 11.6. The Morgan fingerprint density at radius 3 is 2.59 bits per heavy atom. The Bertz CT molecular complexity index is 1030. The van der Waals surface area contributed by atoms with Crippen molar-refractivity contribution >= 4 is 17.5 Å².